The Balaban J connectivity index is 1.86. The Bertz CT molecular complexity index is 570. The topological polar surface area (TPSA) is 41.1 Å². The third-order valence-corrected chi connectivity index (χ3v) is 3.47. The van der Waals surface area contributed by atoms with Crippen LogP contribution in [0.2, 0.25) is 0 Å². The fraction of sp³-hybridized carbons (Fsp3) is 0.0714. The maximum Gasteiger partial charge on any atom is 0.319 e. The lowest BCUT2D eigenvalue weighted by Gasteiger charge is -2.08. The molecule has 0 spiro atoms. The number of urea groups is 1. The molecule has 19 heavy (non-hydrogen) atoms. The molecule has 2 N–H and O–H groups in total. The van der Waals surface area contributed by atoms with Gasteiger partial charge < -0.3 is 10.6 Å². The van der Waals surface area contributed by atoms with Gasteiger partial charge in [0.1, 0.15) is 0 Å². The molecule has 0 aliphatic heterocycles. The zero-order valence-corrected chi connectivity index (χ0v) is 13.2. The molecule has 0 aliphatic carbocycles. The van der Waals surface area contributed by atoms with Crippen molar-refractivity contribution in [3.63, 3.8) is 0 Å². The van der Waals surface area contributed by atoms with Crippen LogP contribution in [0.25, 0.3) is 0 Å². The van der Waals surface area contributed by atoms with Crippen molar-refractivity contribution in [3.8, 4) is 0 Å². The average molecular weight is 384 g/mol. The summed E-state index contributed by atoms with van der Waals surface area (Å²) in [5.41, 5.74) is 1.80. The Morgan fingerprint density at radius 3 is 2.42 bits per heavy atom. The Labute approximate surface area is 128 Å². The molecule has 2 aromatic carbocycles. The summed E-state index contributed by atoms with van der Waals surface area (Å²) in [5, 5.41) is 5.58. The van der Waals surface area contributed by atoms with E-state index in [1.165, 1.54) is 0 Å². The van der Waals surface area contributed by atoms with Gasteiger partial charge in [0.25, 0.3) is 0 Å². The monoisotopic (exact) mass is 382 g/mol. The van der Waals surface area contributed by atoms with E-state index in [0.29, 0.717) is 6.54 Å². The highest BCUT2D eigenvalue weighted by Gasteiger charge is 2.02. The molecule has 0 radical (unpaired) electrons. The van der Waals surface area contributed by atoms with Gasteiger partial charge in [-0.3, -0.25) is 0 Å². The molecule has 0 fully saturated rings. The van der Waals surface area contributed by atoms with Gasteiger partial charge in [0.05, 0.1) is 0 Å². The maximum atomic E-state index is 11.7. The molecule has 0 aliphatic rings. The number of anilines is 1. The summed E-state index contributed by atoms with van der Waals surface area (Å²) in [5.74, 6) is 0. The van der Waals surface area contributed by atoms with E-state index in [1.807, 2.05) is 48.5 Å². The highest BCUT2D eigenvalue weighted by Crippen LogP contribution is 2.15. The van der Waals surface area contributed by atoms with Gasteiger partial charge in [0.2, 0.25) is 0 Å². The van der Waals surface area contributed by atoms with Crippen molar-refractivity contribution in [3.05, 3.63) is 63.0 Å². The number of carbonyl (C=O) groups is 1. The van der Waals surface area contributed by atoms with E-state index in [1.54, 1.807) is 0 Å². The molecule has 0 aromatic heterocycles. The molecule has 3 nitrogen and oxygen atoms in total. The van der Waals surface area contributed by atoms with Gasteiger partial charge in [0.15, 0.2) is 0 Å². The van der Waals surface area contributed by atoms with E-state index >= 15 is 0 Å². The van der Waals surface area contributed by atoms with Gasteiger partial charge in [-0.1, -0.05) is 50.1 Å². The predicted octanol–water partition coefficient (Wildman–Crippen LogP) is 4.53. The average Bonchev–Trinajstić information content (AvgIpc) is 2.38. The van der Waals surface area contributed by atoms with E-state index in [-0.39, 0.29) is 6.03 Å². The minimum absolute atomic E-state index is 0.221. The predicted molar refractivity (Wildman–Crippen MR) is 84.1 cm³/mol. The summed E-state index contributed by atoms with van der Waals surface area (Å²) < 4.78 is 1.95. The summed E-state index contributed by atoms with van der Waals surface area (Å²) in [7, 11) is 0. The third-order valence-electron chi connectivity index (χ3n) is 2.45. The number of benzene rings is 2. The number of hydrogen-bond acceptors (Lipinski definition) is 1. The second-order valence-electron chi connectivity index (χ2n) is 3.94. The molecule has 5 heteroatoms. The molecule has 0 saturated carbocycles. The van der Waals surface area contributed by atoms with Crippen LogP contribution in [0.5, 0.6) is 0 Å². The number of amides is 2. The molecule has 2 aromatic rings. The van der Waals surface area contributed by atoms with Crippen LogP contribution in [0.3, 0.4) is 0 Å². The van der Waals surface area contributed by atoms with Crippen LogP contribution in [0, 0.1) is 0 Å². The summed E-state index contributed by atoms with van der Waals surface area (Å²) in [6, 6.07) is 15.1. The number of carbonyl (C=O) groups excluding carboxylic acids is 1. The van der Waals surface area contributed by atoms with Crippen LogP contribution in [0.1, 0.15) is 5.56 Å². The molecule has 0 atom stereocenters. The van der Waals surface area contributed by atoms with Crippen molar-refractivity contribution in [1.29, 1.82) is 0 Å². The summed E-state index contributed by atoms with van der Waals surface area (Å²) >= 11 is 6.73. The standard InChI is InChI=1S/C14H12Br2N2O/c15-11-6-4-10(5-7-11)9-17-14(19)18-13-3-1-2-12(16)8-13/h1-8H,9H2,(H2,17,18,19). The smallest absolute Gasteiger partial charge is 0.319 e. The minimum Gasteiger partial charge on any atom is -0.334 e. The van der Waals surface area contributed by atoms with Crippen LogP contribution in [0.15, 0.2) is 57.5 Å². The second-order valence-corrected chi connectivity index (χ2v) is 5.78. The Kier molecular flexibility index (Phi) is 4.99. The lowest BCUT2D eigenvalue weighted by Crippen LogP contribution is -2.28. The molecule has 0 heterocycles. The fourth-order valence-corrected chi connectivity index (χ4v) is 2.19. The van der Waals surface area contributed by atoms with Crippen molar-refractivity contribution in [2.45, 2.75) is 6.54 Å². The van der Waals surface area contributed by atoms with E-state index in [4.69, 9.17) is 0 Å². The second kappa shape index (κ2) is 6.73. The van der Waals surface area contributed by atoms with Crippen LogP contribution in [0.4, 0.5) is 10.5 Å². The normalized spacial score (nSPS) is 10.0. The summed E-state index contributed by atoms with van der Waals surface area (Å²) in [6.07, 6.45) is 0. The molecule has 0 saturated heterocycles. The first kappa shape index (κ1) is 14.1. The van der Waals surface area contributed by atoms with E-state index in [0.717, 1.165) is 20.2 Å². The van der Waals surface area contributed by atoms with Crippen molar-refractivity contribution in [2.75, 3.05) is 5.32 Å². The first-order chi connectivity index (χ1) is 9.13. The van der Waals surface area contributed by atoms with Gasteiger partial charge in [0, 0.05) is 21.2 Å². The van der Waals surface area contributed by atoms with Gasteiger partial charge in [-0.2, -0.15) is 0 Å². The molecule has 2 rings (SSSR count). The van der Waals surface area contributed by atoms with Crippen molar-refractivity contribution in [1.82, 2.24) is 5.32 Å². The van der Waals surface area contributed by atoms with E-state index in [2.05, 4.69) is 42.5 Å². The van der Waals surface area contributed by atoms with Crippen LogP contribution >= 0.6 is 31.9 Å². The first-order valence-electron chi connectivity index (χ1n) is 5.68. The summed E-state index contributed by atoms with van der Waals surface area (Å²) in [6.45, 7) is 0.493. The maximum absolute atomic E-state index is 11.7. The molecular formula is C14H12Br2N2O. The van der Waals surface area contributed by atoms with Crippen molar-refractivity contribution < 1.29 is 4.79 Å². The molecule has 0 bridgehead atoms. The highest BCUT2D eigenvalue weighted by molar-refractivity contribution is 9.10. The van der Waals surface area contributed by atoms with E-state index < -0.39 is 0 Å². The SMILES string of the molecule is O=C(NCc1ccc(Br)cc1)Nc1cccc(Br)c1. The Hall–Kier alpha value is -1.33. The van der Waals surface area contributed by atoms with Gasteiger partial charge >= 0.3 is 6.03 Å². The minimum atomic E-state index is -0.221. The van der Waals surface area contributed by atoms with Crippen LogP contribution in [-0.2, 0) is 6.54 Å². The zero-order valence-electron chi connectivity index (χ0n) is 9.99. The number of halogens is 2. The van der Waals surface area contributed by atoms with Gasteiger partial charge in [-0.05, 0) is 35.9 Å². The zero-order chi connectivity index (χ0) is 13.7. The molecular weight excluding hydrogens is 372 g/mol. The van der Waals surface area contributed by atoms with Crippen molar-refractivity contribution in [2.24, 2.45) is 0 Å². The molecule has 0 unspecified atom stereocenters. The lowest BCUT2D eigenvalue weighted by molar-refractivity contribution is 0.251. The quantitative estimate of drug-likeness (QED) is 0.802. The molecule has 98 valence electrons. The largest absolute Gasteiger partial charge is 0.334 e. The number of hydrogen-bond donors (Lipinski definition) is 2. The van der Waals surface area contributed by atoms with Crippen LogP contribution in [-0.4, -0.2) is 6.03 Å². The lowest BCUT2D eigenvalue weighted by atomic mass is 10.2. The fourth-order valence-electron chi connectivity index (χ4n) is 1.53. The van der Waals surface area contributed by atoms with Gasteiger partial charge in [-0.25, -0.2) is 4.79 Å². The third kappa shape index (κ3) is 4.69. The number of rotatable bonds is 3. The Morgan fingerprint density at radius 1 is 1.00 bits per heavy atom. The van der Waals surface area contributed by atoms with Crippen molar-refractivity contribution >= 4 is 43.6 Å². The number of nitrogens with one attached hydrogen (secondary N) is 2. The molecule has 2 amide bonds. The van der Waals surface area contributed by atoms with Crippen LogP contribution < -0.4 is 10.6 Å². The Morgan fingerprint density at radius 2 is 1.74 bits per heavy atom. The van der Waals surface area contributed by atoms with E-state index in [9.17, 15) is 4.79 Å². The first-order valence-corrected chi connectivity index (χ1v) is 7.27. The van der Waals surface area contributed by atoms with Gasteiger partial charge in [-0.15, -0.1) is 0 Å². The highest BCUT2D eigenvalue weighted by atomic mass is 79.9. The summed E-state index contributed by atoms with van der Waals surface area (Å²) in [4.78, 5) is 11.7.